The molecule has 1 aliphatic rings. The molecule has 1 N–H and O–H groups in total. The predicted molar refractivity (Wildman–Crippen MR) is 128 cm³/mol. The van der Waals surface area contributed by atoms with Gasteiger partial charge in [-0.2, -0.15) is 0 Å². The molecule has 3 aromatic rings. The van der Waals surface area contributed by atoms with Crippen molar-refractivity contribution < 1.29 is 14.3 Å². The van der Waals surface area contributed by atoms with E-state index in [1.165, 1.54) is 7.11 Å². The summed E-state index contributed by atoms with van der Waals surface area (Å²) in [5, 5.41) is 4.30. The van der Waals surface area contributed by atoms with E-state index in [-0.39, 0.29) is 24.0 Å². The minimum Gasteiger partial charge on any atom is -0.465 e. The van der Waals surface area contributed by atoms with Gasteiger partial charge in [-0.1, -0.05) is 29.8 Å². The lowest BCUT2D eigenvalue weighted by Crippen LogP contribution is -2.43. The third-order valence-corrected chi connectivity index (χ3v) is 6.10. The zero-order valence-corrected chi connectivity index (χ0v) is 19.0. The highest BCUT2D eigenvalue weighted by atomic mass is 35.5. The van der Waals surface area contributed by atoms with E-state index in [0.29, 0.717) is 10.6 Å². The van der Waals surface area contributed by atoms with Gasteiger partial charge in [0.15, 0.2) is 0 Å². The van der Waals surface area contributed by atoms with Crippen molar-refractivity contribution in [3.05, 3.63) is 82.9 Å². The molecule has 32 heavy (non-hydrogen) atoms. The summed E-state index contributed by atoms with van der Waals surface area (Å²) in [6.45, 7) is 3.67. The van der Waals surface area contributed by atoms with E-state index < -0.39 is 0 Å². The Morgan fingerprint density at radius 3 is 2.28 bits per heavy atom. The van der Waals surface area contributed by atoms with E-state index in [9.17, 15) is 9.59 Å². The number of halogens is 1. The molecule has 0 aromatic heterocycles. The van der Waals surface area contributed by atoms with Gasteiger partial charge in [-0.15, -0.1) is 0 Å². The lowest BCUT2D eigenvalue weighted by molar-refractivity contribution is -0.117. The van der Waals surface area contributed by atoms with Gasteiger partial charge in [0.05, 0.1) is 18.7 Å². The number of esters is 1. The number of anilines is 2. The minimum absolute atomic E-state index is 0.0267. The Kier molecular flexibility index (Phi) is 6.19. The molecule has 1 aliphatic heterocycles. The van der Waals surface area contributed by atoms with Crippen LogP contribution in [0, 0.1) is 0 Å². The number of carbonyl (C=O) groups is 2. The molecule has 164 valence electrons. The number of nitrogens with one attached hydrogen (secondary N) is 1. The van der Waals surface area contributed by atoms with Crippen LogP contribution in [-0.2, 0) is 9.53 Å². The Bertz CT molecular complexity index is 1140. The molecule has 2 atom stereocenters. The van der Waals surface area contributed by atoms with Crippen LogP contribution in [0.1, 0.15) is 42.2 Å². The lowest BCUT2D eigenvalue weighted by Gasteiger charge is -2.39. The summed E-state index contributed by atoms with van der Waals surface area (Å²) in [5.41, 5.74) is 5.45. The number of rotatable bonds is 4. The first-order valence-corrected chi connectivity index (χ1v) is 10.9. The molecule has 0 fully saturated rings. The first kappa shape index (κ1) is 21.9. The Morgan fingerprint density at radius 2 is 1.66 bits per heavy atom. The van der Waals surface area contributed by atoms with Crippen LogP contribution in [-0.4, -0.2) is 25.0 Å². The molecular formula is C26H25ClN2O3. The summed E-state index contributed by atoms with van der Waals surface area (Å²) in [6.07, 6.45) is 0.778. The number of nitrogens with zero attached hydrogens (tertiary/aromatic N) is 1. The average molecular weight is 449 g/mol. The lowest BCUT2D eigenvalue weighted by atomic mass is 9.88. The van der Waals surface area contributed by atoms with Gasteiger partial charge in [-0.05, 0) is 78.6 Å². The highest BCUT2D eigenvalue weighted by Gasteiger charge is 2.32. The summed E-state index contributed by atoms with van der Waals surface area (Å²) in [6, 6.07) is 21.2. The zero-order valence-electron chi connectivity index (χ0n) is 18.3. The van der Waals surface area contributed by atoms with Crippen molar-refractivity contribution >= 4 is 34.9 Å². The average Bonchev–Trinajstić information content (AvgIpc) is 2.79. The molecule has 1 amide bonds. The number of hydrogen-bond donors (Lipinski definition) is 1. The number of ether oxygens (including phenoxy) is 1. The van der Waals surface area contributed by atoms with Crippen molar-refractivity contribution in [2.24, 2.45) is 0 Å². The topological polar surface area (TPSA) is 58.6 Å². The van der Waals surface area contributed by atoms with Gasteiger partial charge in [0, 0.05) is 29.4 Å². The Morgan fingerprint density at radius 1 is 1.00 bits per heavy atom. The first-order chi connectivity index (χ1) is 15.4. The Labute approximate surface area is 193 Å². The normalized spacial score (nSPS) is 17.4. The summed E-state index contributed by atoms with van der Waals surface area (Å²) in [7, 11) is 1.37. The van der Waals surface area contributed by atoms with Crippen LogP contribution in [0.5, 0.6) is 0 Å². The number of amides is 1. The minimum atomic E-state index is -0.361. The van der Waals surface area contributed by atoms with E-state index in [4.69, 9.17) is 16.3 Å². The second-order valence-corrected chi connectivity index (χ2v) is 8.46. The number of hydrogen-bond acceptors (Lipinski definition) is 4. The zero-order chi connectivity index (χ0) is 22.8. The first-order valence-electron chi connectivity index (χ1n) is 10.5. The van der Waals surface area contributed by atoms with Crippen molar-refractivity contribution in [1.29, 1.82) is 0 Å². The second-order valence-electron chi connectivity index (χ2n) is 8.02. The van der Waals surface area contributed by atoms with Crippen LogP contribution in [0.3, 0.4) is 0 Å². The predicted octanol–water partition coefficient (Wildman–Crippen LogP) is 6.09. The second kappa shape index (κ2) is 9.05. The largest absolute Gasteiger partial charge is 0.465 e. The molecule has 5 nitrogen and oxygen atoms in total. The maximum absolute atomic E-state index is 12.4. The third kappa shape index (κ3) is 4.34. The van der Waals surface area contributed by atoms with Crippen LogP contribution in [0.4, 0.5) is 11.4 Å². The third-order valence-electron chi connectivity index (χ3n) is 5.84. The molecule has 4 rings (SSSR count). The van der Waals surface area contributed by atoms with Crippen molar-refractivity contribution in [3.63, 3.8) is 0 Å². The summed E-state index contributed by atoms with van der Waals surface area (Å²) in [5.74, 6) is -0.334. The van der Waals surface area contributed by atoms with Crippen LogP contribution in [0.2, 0.25) is 5.02 Å². The fourth-order valence-corrected chi connectivity index (χ4v) is 4.45. The van der Waals surface area contributed by atoms with Crippen LogP contribution < -0.4 is 10.2 Å². The fourth-order valence-electron chi connectivity index (χ4n) is 4.32. The van der Waals surface area contributed by atoms with Crippen LogP contribution in [0.15, 0.2) is 66.7 Å². The molecule has 0 saturated heterocycles. The summed E-state index contributed by atoms with van der Waals surface area (Å²) in [4.78, 5) is 26.0. The van der Waals surface area contributed by atoms with Crippen molar-refractivity contribution in [2.45, 2.75) is 32.4 Å². The maximum Gasteiger partial charge on any atom is 0.337 e. The Hall–Kier alpha value is -3.31. The SMILES string of the molecule is COC(=O)c1ccc(-c2ccc3c(c2)C(Nc2ccc(Cl)cc2)CC(C)N3C(C)=O)cc1. The molecule has 3 aromatic carbocycles. The van der Waals surface area contributed by atoms with Gasteiger partial charge in [-0.3, -0.25) is 4.79 Å². The quantitative estimate of drug-likeness (QED) is 0.490. The van der Waals surface area contributed by atoms with Crippen molar-refractivity contribution in [3.8, 4) is 11.1 Å². The highest BCUT2D eigenvalue weighted by Crippen LogP contribution is 2.41. The van der Waals surface area contributed by atoms with E-state index in [1.807, 2.05) is 53.4 Å². The van der Waals surface area contributed by atoms with Gasteiger partial charge >= 0.3 is 5.97 Å². The van der Waals surface area contributed by atoms with Gasteiger partial charge in [0.25, 0.3) is 0 Å². The van der Waals surface area contributed by atoms with E-state index >= 15 is 0 Å². The number of carbonyl (C=O) groups excluding carboxylic acids is 2. The van der Waals surface area contributed by atoms with E-state index in [1.54, 1.807) is 19.1 Å². The molecule has 0 radical (unpaired) electrons. The standard InChI is InChI=1S/C26H25ClN2O3/c1-16-14-24(28-22-11-9-21(27)10-12-22)23-15-20(8-13-25(23)29(16)17(2)30)18-4-6-19(7-5-18)26(31)32-3/h4-13,15-16,24,28H,14H2,1-3H3. The number of methoxy groups -OCH3 is 1. The smallest absolute Gasteiger partial charge is 0.337 e. The monoisotopic (exact) mass is 448 g/mol. The van der Waals surface area contributed by atoms with Crippen molar-refractivity contribution in [2.75, 3.05) is 17.3 Å². The maximum atomic E-state index is 12.4. The van der Waals surface area contributed by atoms with Gasteiger partial charge < -0.3 is 15.0 Å². The van der Waals surface area contributed by atoms with Gasteiger partial charge in [0.2, 0.25) is 5.91 Å². The molecule has 0 bridgehead atoms. The molecule has 0 aliphatic carbocycles. The summed E-state index contributed by atoms with van der Waals surface area (Å²) >= 11 is 6.04. The van der Waals surface area contributed by atoms with E-state index in [0.717, 1.165) is 34.5 Å². The molecule has 0 saturated carbocycles. The molecular weight excluding hydrogens is 424 g/mol. The van der Waals surface area contributed by atoms with Crippen LogP contribution in [0.25, 0.3) is 11.1 Å². The molecule has 1 heterocycles. The number of benzene rings is 3. The molecule has 0 spiro atoms. The van der Waals surface area contributed by atoms with Gasteiger partial charge in [0.1, 0.15) is 0 Å². The van der Waals surface area contributed by atoms with E-state index in [2.05, 4.69) is 18.3 Å². The van der Waals surface area contributed by atoms with Crippen molar-refractivity contribution in [1.82, 2.24) is 0 Å². The van der Waals surface area contributed by atoms with Crippen LogP contribution >= 0.6 is 11.6 Å². The Balaban J connectivity index is 1.73. The summed E-state index contributed by atoms with van der Waals surface area (Å²) < 4.78 is 4.79. The number of fused-ring (bicyclic) bond motifs is 1. The highest BCUT2D eigenvalue weighted by molar-refractivity contribution is 6.30. The fraction of sp³-hybridized carbons (Fsp3) is 0.231. The molecule has 2 unspecified atom stereocenters. The molecule has 6 heteroatoms. The van der Waals surface area contributed by atoms with Gasteiger partial charge in [-0.25, -0.2) is 4.79 Å².